The van der Waals surface area contributed by atoms with E-state index in [2.05, 4.69) is 15.5 Å². The van der Waals surface area contributed by atoms with Gasteiger partial charge in [0, 0.05) is 17.5 Å². The zero-order valence-corrected chi connectivity index (χ0v) is 17.1. The molecular weight excluding hydrogens is 404 g/mol. The van der Waals surface area contributed by atoms with E-state index >= 15 is 0 Å². The van der Waals surface area contributed by atoms with Crippen molar-refractivity contribution in [1.82, 2.24) is 14.8 Å². The number of carbonyl (C=O) groups excluding carboxylic acids is 1. The Hall–Kier alpha value is -3.72. The van der Waals surface area contributed by atoms with E-state index in [1.807, 2.05) is 18.2 Å². The molecule has 2 heterocycles. The lowest BCUT2D eigenvalue weighted by atomic mass is 10.1. The maximum Gasteiger partial charge on any atom is 0.267 e. The molecule has 152 valence electrons. The summed E-state index contributed by atoms with van der Waals surface area (Å²) < 4.78 is 6.66. The second-order valence-electron chi connectivity index (χ2n) is 6.39. The summed E-state index contributed by atoms with van der Waals surface area (Å²) in [6, 6.07) is 14.2. The fourth-order valence-electron chi connectivity index (χ4n) is 3.21. The number of para-hydroxylation sites is 1. The Bertz CT molecular complexity index is 1310. The first-order chi connectivity index (χ1) is 14.5. The van der Waals surface area contributed by atoms with Gasteiger partial charge in [0.2, 0.25) is 5.13 Å². The number of aromatic nitrogens is 3. The van der Waals surface area contributed by atoms with E-state index in [1.54, 1.807) is 44.4 Å². The first-order valence-electron chi connectivity index (χ1n) is 9.17. The standard InChI is InChI=1S/C21H18N4O4S/c1-3-25-15-10-5-4-9-14(15)17(26)16(20(25)28)18(27)22-21-24-23-19(30-21)12-7-6-8-13(11-12)29-2/h4-11,26H,3H2,1-2H3,(H,22,24,27). The summed E-state index contributed by atoms with van der Waals surface area (Å²) in [6.45, 7) is 2.16. The van der Waals surface area contributed by atoms with Crippen molar-refractivity contribution in [3.05, 3.63) is 64.4 Å². The molecule has 4 aromatic rings. The Morgan fingerprint density at radius 3 is 2.77 bits per heavy atom. The minimum absolute atomic E-state index is 0.216. The van der Waals surface area contributed by atoms with Crippen molar-refractivity contribution in [2.75, 3.05) is 12.4 Å². The second-order valence-corrected chi connectivity index (χ2v) is 7.37. The van der Waals surface area contributed by atoms with Gasteiger partial charge in [0.05, 0.1) is 12.6 Å². The van der Waals surface area contributed by atoms with Gasteiger partial charge < -0.3 is 14.4 Å². The quantitative estimate of drug-likeness (QED) is 0.510. The Labute approximate surface area is 175 Å². The highest BCUT2D eigenvalue weighted by molar-refractivity contribution is 7.18. The molecule has 0 bridgehead atoms. The van der Waals surface area contributed by atoms with Gasteiger partial charge in [-0.1, -0.05) is 35.6 Å². The molecule has 0 saturated carbocycles. The van der Waals surface area contributed by atoms with Crippen LogP contribution in [-0.2, 0) is 6.54 Å². The van der Waals surface area contributed by atoms with Gasteiger partial charge in [0.1, 0.15) is 22.1 Å². The summed E-state index contributed by atoms with van der Waals surface area (Å²) >= 11 is 1.15. The lowest BCUT2D eigenvalue weighted by molar-refractivity contribution is 0.102. The zero-order valence-electron chi connectivity index (χ0n) is 16.2. The Morgan fingerprint density at radius 2 is 2.00 bits per heavy atom. The topological polar surface area (TPSA) is 106 Å². The summed E-state index contributed by atoms with van der Waals surface area (Å²) in [4.78, 5) is 25.7. The molecule has 0 aliphatic rings. The van der Waals surface area contributed by atoms with Crippen LogP contribution in [-0.4, -0.2) is 32.9 Å². The molecule has 1 amide bonds. The maximum atomic E-state index is 12.9. The predicted molar refractivity (Wildman–Crippen MR) is 115 cm³/mol. The molecule has 30 heavy (non-hydrogen) atoms. The van der Waals surface area contributed by atoms with Crippen molar-refractivity contribution < 1.29 is 14.6 Å². The van der Waals surface area contributed by atoms with E-state index in [1.165, 1.54) is 4.57 Å². The number of ether oxygens (including phenoxy) is 1. The van der Waals surface area contributed by atoms with E-state index in [4.69, 9.17) is 4.74 Å². The number of hydrogen-bond acceptors (Lipinski definition) is 7. The first-order valence-corrected chi connectivity index (χ1v) is 9.99. The van der Waals surface area contributed by atoms with Crippen LogP contribution in [0.2, 0.25) is 0 Å². The average molecular weight is 422 g/mol. The highest BCUT2D eigenvalue weighted by Gasteiger charge is 2.23. The van der Waals surface area contributed by atoms with Crippen LogP contribution >= 0.6 is 11.3 Å². The van der Waals surface area contributed by atoms with Gasteiger partial charge in [-0.05, 0) is 31.2 Å². The number of anilines is 1. The Balaban J connectivity index is 1.69. The van der Waals surface area contributed by atoms with Crippen LogP contribution < -0.4 is 15.6 Å². The van der Waals surface area contributed by atoms with Gasteiger partial charge in [-0.2, -0.15) is 0 Å². The number of carbonyl (C=O) groups is 1. The largest absolute Gasteiger partial charge is 0.506 e. The lowest BCUT2D eigenvalue weighted by Gasteiger charge is -2.12. The van der Waals surface area contributed by atoms with Crippen molar-refractivity contribution in [2.24, 2.45) is 0 Å². The van der Waals surface area contributed by atoms with Crippen molar-refractivity contribution in [1.29, 1.82) is 0 Å². The van der Waals surface area contributed by atoms with Crippen LogP contribution in [0.3, 0.4) is 0 Å². The third-order valence-corrected chi connectivity index (χ3v) is 5.54. The molecule has 0 aliphatic heterocycles. The molecule has 8 nitrogen and oxygen atoms in total. The first kappa shape index (κ1) is 19.6. The fourth-order valence-corrected chi connectivity index (χ4v) is 3.95. The molecule has 2 aromatic carbocycles. The normalized spacial score (nSPS) is 10.9. The van der Waals surface area contributed by atoms with Crippen LogP contribution in [0.1, 0.15) is 17.3 Å². The lowest BCUT2D eigenvalue weighted by Crippen LogP contribution is -2.29. The van der Waals surface area contributed by atoms with Crippen LogP contribution in [0.5, 0.6) is 11.5 Å². The smallest absolute Gasteiger partial charge is 0.267 e. The number of rotatable bonds is 5. The van der Waals surface area contributed by atoms with Gasteiger partial charge in [0.15, 0.2) is 0 Å². The average Bonchev–Trinajstić information content (AvgIpc) is 3.22. The molecule has 9 heteroatoms. The van der Waals surface area contributed by atoms with E-state index in [-0.39, 0.29) is 16.4 Å². The summed E-state index contributed by atoms with van der Waals surface area (Å²) in [6.07, 6.45) is 0. The number of nitrogens with one attached hydrogen (secondary N) is 1. The molecule has 0 unspecified atom stereocenters. The SMILES string of the molecule is CCn1c(=O)c(C(=O)Nc2nnc(-c3cccc(OC)c3)s2)c(O)c2ccccc21. The number of benzene rings is 2. The van der Waals surface area contributed by atoms with Gasteiger partial charge >= 0.3 is 0 Å². The van der Waals surface area contributed by atoms with Crippen molar-refractivity contribution >= 4 is 33.3 Å². The fraction of sp³-hybridized carbons (Fsp3) is 0.143. The zero-order chi connectivity index (χ0) is 21.3. The van der Waals surface area contributed by atoms with Crippen LogP contribution in [0.25, 0.3) is 21.5 Å². The third-order valence-electron chi connectivity index (χ3n) is 4.65. The van der Waals surface area contributed by atoms with Crippen molar-refractivity contribution in [2.45, 2.75) is 13.5 Å². The number of pyridine rings is 1. The van der Waals surface area contributed by atoms with E-state index < -0.39 is 11.5 Å². The summed E-state index contributed by atoms with van der Waals surface area (Å²) in [5.74, 6) is -0.413. The minimum atomic E-state index is -0.737. The molecule has 2 aromatic heterocycles. The highest BCUT2D eigenvalue weighted by Crippen LogP contribution is 2.30. The Kier molecular flexibility index (Phi) is 5.20. The number of aryl methyl sites for hydroxylation is 1. The van der Waals surface area contributed by atoms with Crippen LogP contribution in [0, 0.1) is 0 Å². The minimum Gasteiger partial charge on any atom is -0.506 e. The van der Waals surface area contributed by atoms with E-state index in [9.17, 15) is 14.7 Å². The molecule has 0 spiro atoms. The monoisotopic (exact) mass is 422 g/mol. The summed E-state index contributed by atoms with van der Waals surface area (Å²) in [5.41, 5.74) is 0.460. The second kappa shape index (κ2) is 7.96. The molecule has 0 saturated heterocycles. The van der Waals surface area contributed by atoms with Crippen LogP contribution in [0.15, 0.2) is 53.3 Å². The molecule has 0 aliphatic carbocycles. The number of nitrogens with zero attached hydrogens (tertiary/aromatic N) is 3. The summed E-state index contributed by atoms with van der Waals surface area (Å²) in [5, 5.41) is 22.5. The molecule has 4 rings (SSSR count). The van der Waals surface area contributed by atoms with Crippen LogP contribution in [0.4, 0.5) is 5.13 Å². The molecular formula is C21H18N4O4S. The molecule has 0 radical (unpaired) electrons. The molecule has 2 N–H and O–H groups in total. The number of amides is 1. The number of fused-ring (bicyclic) bond motifs is 1. The van der Waals surface area contributed by atoms with Crippen molar-refractivity contribution in [3.8, 4) is 22.1 Å². The maximum absolute atomic E-state index is 12.9. The van der Waals surface area contributed by atoms with Gasteiger partial charge in [-0.25, -0.2) is 0 Å². The number of hydrogen-bond donors (Lipinski definition) is 2. The van der Waals surface area contributed by atoms with E-state index in [0.717, 1.165) is 16.9 Å². The number of methoxy groups -OCH3 is 1. The summed E-state index contributed by atoms with van der Waals surface area (Å²) in [7, 11) is 1.57. The van der Waals surface area contributed by atoms with E-state index in [0.29, 0.717) is 28.2 Å². The predicted octanol–water partition coefficient (Wildman–Crippen LogP) is 3.51. The Morgan fingerprint density at radius 1 is 1.20 bits per heavy atom. The highest BCUT2D eigenvalue weighted by atomic mass is 32.1. The molecule has 0 atom stereocenters. The number of aromatic hydroxyl groups is 1. The van der Waals surface area contributed by atoms with Crippen molar-refractivity contribution in [3.63, 3.8) is 0 Å². The van der Waals surface area contributed by atoms with Gasteiger partial charge in [-0.3, -0.25) is 14.9 Å². The molecule has 0 fully saturated rings. The third kappa shape index (κ3) is 3.39. The van der Waals surface area contributed by atoms with Gasteiger partial charge in [-0.15, -0.1) is 10.2 Å². The van der Waals surface area contributed by atoms with Gasteiger partial charge in [0.25, 0.3) is 11.5 Å².